The van der Waals surface area contributed by atoms with Gasteiger partial charge >= 0.3 is 0 Å². The van der Waals surface area contributed by atoms with Gasteiger partial charge in [0, 0.05) is 12.8 Å². The molecule has 8 nitrogen and oxygen atoms in total. The van der Waals surface area contributed by atoms with Crippen LogP contribution in [0.2, 0.25) is 0 Å². The second-order valence-corrected chi connectivity index (χ2v) is 8.52. The molecule has 0 bridgehead atoms. The average molecular weight is 462 g/mol. The highest BCUT2D eigenvalue weighted by atomic mass is 32.1. The number of halogens is 2. The van der Waals surface area contributed by atoms with Gasteiger partial charge in [-0.1, -0.05) is 24.3 Å². The normalized spacial score (nSPS) is 21.1. The molecule has 0 radical (unpaired) electrons. The molecule has 0 spiro atoms. The molecule has 32 heavy (non-hydrogen) atoms. The van der Waals surface area contributed by atoms with Crippen molar-refractivity contribution >= 4 is 35.0 Å². The Kier molecular flexibility index (Phi) is 6.00. The molecular weight excluding hydrogens is 442 g/mol. The van der Waals surface area contributed by atoms with Crippen LogP contribution in [-0.4, -0.2) is 45.6 Å². The number of fused-ring (bicyclic) bond motifs is 1. The summed E-state index contributed by atoms with van der Waals surface area (Å²) in [6.45, 7) is 1.47. The number of aromatic nitrogens is 1. The number of carbonyl (C=O) groups is 4. The van der Waals surface area contributed by atoms with Crippen molar-refractivity contribution in [1.82, 2.24) is 20.5 Å². The van der Waals surface area contributed by atoms with Gasteiger partial charge in [-0.2, -0.15) is 0 Å². The number of imide groups is 1. The van der Waals surface area contributed by atoms with E-state index in [2.05, 4.69) is 15.6 Å². The lowest BCUT2D eigenvalue weighted by Gasteiger charge is -2.27. The fraction of sp³-hybridized carbons (Fsp3) is 0.381. The van der Waals surface area contributed by atoms with Gasteiger partial charge in [-0.3, -0.25) is 24.1 Å². The molecule has 2 aliphatic rings. The topological polar surface area (TPSA) is 108 Å². The maximum Gasteiger partial charge on any atom is 0.281 e. The number of nitrogens with one attached hydrogen (secondary N) is 2. The Morgan fingerprint density at radius 3 is 2.53 bits per heavy atom. The van der Waals surface area contributed by atoms with Crippen molar-refractivity contribution < 1.29 is 28.0 Å². The number of rotatable bonds is 6. The van der Waals surface area contributed by atoms with Crippen LogP contribution in [0.3, 0.4) is 0 Å². The van der Waals surface area contributed by atoms with Crippen molar-refractivity contribution in [2.45, 2.75) is 50.7 Å². The Morgan fingerprint density at radius 1 is 1.16 bits per heavy atom. The largest absolute Gasteiger partial charge is 0.349 e. The Morgan fingerprint density at radius 2 is 1.84 bits per heavy atom. The van der Waals surface area contributed by atoms with Crippen molar-refractivity contribution in [2.75, 3.05) is 0 Å². The van der Waals surface area contributed by atoms with Crippen molar-refractivity contribution in [3.05, 3.63) is 51.5 Å². The quantitative estimate of drug-likeness (QED) is 0.640. The lowest BCUT2D eigenvalue weighted by Crippen LogP contribution is -2.52. The summed E-state index contributed by atoms with van der Waals surface area (Å²) in [7, 11) is 0. The fourth-order valence-electron chi connectivity index (χ4n) is 4.14. The molecule has 3 atom stereocenters. The van der Waals surface area contributed by atoms with Crippen molar-refractivity contribution in [3.63, 3.8) is 0 Å². The Hall–Kier alpha value is -3.21. The summed E-state index contributed by atoms with van der Waals surface area (Å²) in [5.41, 5.74) is 2.25. The number of nitrogens with zero attached hydrogens (tertiary/aromatic N) is 2. The van der Waals surface area contributed by atoms with Crippen LogP contribution >= 0.6 is 11.3 Å². The fourth-order valence-corrected chi connectivity index (χ4v) is 4.84. The standard InChI is InChI=1S/C21H20F2N4O4S/c1-10(27-14(28)6-7-15(27)29)20(30)25-13-8-11-4-2-3-5-12(11)16(13)26-21(31)18-17(19(22)23)24-9-32-18/h2-5,9-10,13,16,19H,6-8H2,1H3,(H,25,30)(H,26,31)/t10?,13-,16-/m1/s1. The number of hydrogen-bond acceptors (Lipinski definition) is 6. The molecule has 1 aromatic heterocycles. The summed E-state index contributed by atoms with van der Waals surface area (Å²) in [6.07, 6.45) is -2.34. The number of thiazole rings is 1. The zero-order valence-corrected chi connectivity index (χ0v) is 17.8. The Bertz CT molecular complexity index is 1070. The van der Waals surface area contributed by atoms with Gasteiger partial charge in [-0.25, -0.2) is 13.8 Å². The maximum atomic E-state index is 13.2. The van der Waals surface area contributed by atoms with E-state index in [1.807, 2.05) is 12.1 Å². The van der Waals surface area contributed by atoms with Gasteiger partial charge in [0.25, 0.3) is 12.3 Å². The number of hydrogen-bond donors (Lipinski definition) is 2. The summed E-state index contributed by atoms with van der Waals surface area (Å²) >= 11 is 0.816. The molecule has 0 saturated carbocycles. The molecule has 11 heteroatoms. The van der Waals surface area contributed by atoms with Gasteiger partial charge in [0.15, 0.2) is 0 Å². The molecule has 4 rings (SSSR count). The molecule has 1 saturated heterocycles. The van der Waals surface area contributed by atoms with E-state index in [4.69, 9.17) is 0 Å². The molecule has 1 aliphatic heterocycles. The van der Waals surface area contributed by atoms with Gasteiger partial charge in [-0.05, 0) is 24.5 Å². The molecule has 168 valence electrons. The summed E-state index contributed by atoms with van der Waals surface area (Å²) < 4.78 is 26.3. The van der Waals surface area contributed by atoms with E-state index in [1.165, 1.54) is 12.4 Å². The van der Waals surface area contributed by atoms with Crippen LogP contribution in [0.1, 0.15) is 58.7 Å². The molecule has 2 aromatic rings. The molecule has 1 aromatic carbocycles. The van der Waals surface area contributed by atoms with Crippen LogP contribution in [0.15, 0.2) is 29.8 Å². The molecule has 1 aliphatic carbocycles. The van der Waals surface area contributed by atoms with Crippen molar-refractivity contribution in [1.29, 1.82) is 0 Å². The van der Waals surface area contributed by atoms with Crippen LogP contribution in [0.4, 0.5) is 8.78 Å². The van der Waals surface area contributed by atoms with E-state index in [0.29, 0.717) is 6.42 Å². The number of carbonyl (C=O) groups excluding carboxylic acids is 4. The lowest BCUT2D eigenvalue weighted by molar-refractivity contribution is -0.146. The maximum absolute atomic E-state index is 13.2. The highest BCUT2D eigenvalue weighted by Crippen LogP contribution is 2.33. The predicted molar refractivity (Wildman–Crippen MR) is 110 cm³/mol. The highest BCUT2D eigenvalue weighted by molar-refractivity contribution is 7.11. The first-order valence-corrected chi connectivity index (χ1v) is 10.9. The average Bonchev–Trinajstić information content (AvgIpc) is 3.46. The molecule has 2 N–H and O–H groups in total. The van der Waals surface area contributed by atoms with Crippen LogP contribution in [-0.2, 0) is 20.8 Å². The number of amides is 4. The summed E-state index contributed by atoms with van der Waals surface area (Å²) in [5.74, 6) is -2.04. The van der Waals surface area contributed by atoms with Crippen LogP contribution in [0, 0.1) is 0 Å². The molecule has 2 heterocycles. The smallest absolute Gasteiger partial charge is 0.281 e. The first-order valence-electron chi connectivity index (χ1n) is 10.0. The van der Waals surface area contributed by atoms with E-state index in [1.54, 1.807) is 12.1 Å². The third-order valence-electron chi connectivity index (χ3n) is 5.71. The van der Waals surface area contributed by atoms with E-state index in [0.717, 1.165) is 27.4 Å². The predicted octanol–water partition coefficient (Wildman–Crippen LogP) is 2.13. The monoisotopic (exact) mass is 462 g/mol. The Labute approximate surface area is 186 Å². The third kappa shape index (κ3) is 3.99. The van der Waals surface area contributed by atoms with Crippen LogP contribution in [0.5, 0.6) is 0 Å². The lowest BCUT2D eigenvalue weighted by atomic mass is 10.1. The van der Waals surface area contributed by atoms with Gasteiger partial charge in [0.05, 0.1) is 17.6 Å². The van der Waals surface area contributed by atoms with E-state index < -0.39 is 53.9 Å². The molecular formula is C21H20F2N4O4S. The number of benzene rings is 1. The number of likely N-dealkylation sites (tertiary alicyclic amines) is 1. The highest BCUT2D eigenvalue weighted by Gasteiger charge is 2.40. The van der Waals surface area contributed by atoms with E-state index >= 15 is 0 Å². The van der Waals surface area contributed by atoms with Crippen LogP contribution in [0.25, 0.3) is 0 Å². The first-order chi connectivity index (χ1) is 15.3. The van der Waals surface area contributed by atoms with Gasteiger partial charge in [0.1, 0.15) is 16.6 Å². The SMILES string of the molecule is CC(C(=O)N[C@@H]1Cc2ccccc2[C@H]1NC(=O)c1scnc1C(F)F)N1C(=O)CCC1=O. The zero-order chi connectivity index (χ0) is 23.0. The second-order valence-electron chi connectivity index (χ2n) is 7.67. The second kappa shape index (κ2) is 8.73. The van der Waals surface area contributed by atoms with E-state index in [-0.39, 0.29) is 17.7 Å². The van der Waals surface area contributed by atoms with Gasteiger partial charge < -0.3 is 10.6 Å². The molecule has 1 fully saturated rings. The summed E-state index contributed by atoms with van der Waals surface area (Å²) in [5, 5.41) is 5.57. The van der Waals surface area contributed by atoms with Crippen molar-refractivity contribution in [3.8, 4) is 0 Å². The summed E-state index contributed by atoms with van der Waals surface area (Å²) in [4.78, 5) is 53.9. The minimum atomic E-state index is -2.88. The zero-order valence-electron chi connectivity index (χ0n) is 17.0. The van der Waals surface area contributed by atoms with Gasteiger partial charge in [-0.15, -0.1) is 11.3 Å². The summed E-state index contributed by atoms with van der Waals surface area (Å²) in [6, 6.07) is 5.01. The van der Waals surface area contributed by atoms with E-state index in [9.17, 15) is 28.0 Å². The first kappa shape index (κ1) is 22.0. The van der Waals surface area contributed by atoms with Gasteiger partial charge in [0.2, 0.25) is 17.7 Å². The van der Waals surface area contributed by atoms with Crippen molar-refractivity contribution in [2.24, 2.45) is 0 Å². The third-order valence-corrected chi connectivity index (χ3v) is 6.55. The molecule has 1 unspecified atom stereocenters. The minimum Gasteiger partial charge on any atom is -0.349 e. The Balaban J connectivity index is 1.54. The van der Waals surface area contributed by atoms with Crippen LogP contribution < -0.4 is 10.6 Å². The molecule has 4 amide bonds. The minimum absolute atomic E-state index is 0.0747. The number of alkyl halides is 2.